The Kier molecular flexibility index (Phi) is 5.79. The molecule has 1 N–H and O–H groups in total. The summed E-state index contributed by atoms with van der Waals surface area (Å²) in [5.74, 6) is 1.06. The normalized spacial score (nSPS) is 10.6. The van der Waals surface area contributed by atoms with Crippen LogP contribution in [0.25, 0.3) is 11.4 Å². The maximum absolute atomic E-state index is 12.0. The van der Waals surface area contributed by atoms with Gasteiger partial charge in [-0.25, -0.2) is 0 Å². The molecule has 7 heteroatoms. The van der Waals surface area contributed by atoms with E-state index in [0.717, 1.165) is 28.8 Å². The van der Waals surface area contributed by atoms with Gasteiger partial charge in [0, 0.05) is 18.3 Å². The topological polar surface area (TPSA) is 72.7 Å². The van der Waals surface area contributed by atoms with Gasteiger partial charge in [0.15, 0.2) is 11.0 Å². The third kappa shape index (κ3) is 4.45. The lowest BCUT2D eigenvalue weighted by Crippen LogP contribution is -2.25. The molecular weight excluding hydrogens is 334 g/mol. The number of aromatic nitrogens is 4. The molecule has 128 valence electrons. The summed E-state index contributed by atoms with van der Waals surface area (Å²) in [7, 11) is 0. The molecule has 0 saturated carbocycles. The Labute approximate surface area is 150 Å². The molecule has 0 aliphatic carbocycles. The van der Waals surface area contributed by atoms with Crippen LogP contribution in [0.4, 0.5) is 0 Å². The summed E-state index contributed by atoms with van der Waals surface area (Å²) >= 11 is 1.39. The van der Waals surface area contributed by atoms with Gasteiger partial charge in [0.25, 0.3) is 0 Å². The predicted molar refractivity (Wildman–Crippen MR) is 97.9 cm³/mol. The van der Waals surface area contributed by atoms with Gasteiger partial charge >= 0.3 is 0 Å². The average Bonchev–Trinajstić information content (AvgIpc) is 3.09. The molecule has 0 aliphatic heterocycles. The van der Waals surface area contributed by atoms with Gasteiger partial charge in [-0.15, -0.1) is 10.2 Å². The number of carbonyl (C=O) groups excluding carboxylic acids is 1. The van der Waals surface area contributed by atoms with E-state index in [4.69, 9.17) is 0 Å². The summed E-state index contributed by atoms with van der Waals surface area (Å²) in [6.45, 7) is 3.21. The summed E-state index contributed by atoms with van der Waals surface area (Å²) < 4.78 is 2.02. The van der Waals surface area contributed by atoms with E-state index >= 15 is 0 Å². The zero-order valence-electron chi connectivity index (χ0n) is 13.9. The van der Waals surface area contributed by atoms with Gasteiger partial charge in [0.2, 0.25) is 5.91 Å². The Morgan fingerprint density at radius 1 is 1.12 bits per heavy atom. The number of amides is 1. The van der Waals surface area contributed by atoms with Crippen molar-refractivity contribution < 1.29 is 4.79 Å². The van der Waals surface area contributed by atoms with E-state index < -0.39 is 0 Å². The van der Waals surface area contributed by atoms with Crippen molar-refractivity contribution in [3.8, 4) is 11.4 Å². The number of thioether (sulfide) groups is 1. The number of hydrogen-bond donors (Lipinski definition) is 1. The van der Waals surface area contributed by atoms with Crippen LogP contribution in [0.1, 0.15) is 12.6 Å². The molecule has 0 spiro atoms. The molecule has 0 saturated heterocycles. The van der Waals surface area contributed by atoms with Crippen LogP contribution in [0.15, 0.2) is 59.9 Å². The van der Waals surface area contributed by atoms with Gasteiger partial charge in [-0.05, 0) is 19.1 Å². The fourth-order valence-electron chi connectivity index (χ4n) is 2.35. The molecule has 1 aromatic carbocycles. The highest BCUT2D eigenvalue weighted by Gasteiger charge is 2.14. The Morgan fingerprint density at radius 2 is 1.92 bits per heavy atom. The van der Waals surface area contributed by atoms with Crippen molar-refractivity contribution in [2.24, 2.45) is 0 Å². The lowest BCUT2D eigenvalue weighted by molar-refractivity contribution is -0.118. The predicted octanol–water partition coefficient (Wildman–Crippen LogP) is 2.77. The van der Waals surface area contributed by atoms with E-state index in [-0.39, 0.29) is 5.91 Å². The van der Waals surface area contributed by atoms with Gasteiger partial charge in [-0.2, -0.15) is 0 Å². The molecule has 3 aromatic rings. The number of benzene rings is 1. The first-order valence-electron chi connectivity index (χ1n) is 8.06. The van der Waals surface area contributed by atoms with Crippen molar-refractivity contribution in [2.75, 3.05) is 5.75 Å². The minimum atomic E-state index is -0.0532. The van der Waals surface area contributed by atoms with Gasteiger partial charge in [-0.1, -0.05) is 48.2 Å². The van der Waals surface area contributed by atoms with Crippen molar-refractivity contribution >= 4 is 17.7 Å². The van der Waals surface area contributed by atoms with Gasteiger partial charge in [0.05, 0.1) is 18.0 Å². The fraction of sp³-hybridized carbons (Fsp3) is 0.222. The van der Waals surface area contributed by atoms with Crippen molar-refractivity contribution in [1.82, 2.24) is 25.1 Å². The first-order valence-corrected chi connectivity index (χ1v) is 9.04. The molecule has 0 bridgehead atoms. The van der Waals surface area contributed by atoms with Crippen molar-refractivity contribution in [1.29, 1.82) is 0 Å². The number of pyridine rings is 1. The van der Waals surface area contributed by atoms with Crippen LogP contribution in [0.5, 0.6) is 0 Å². The summed E-state index contributed by atoms with van der Waals surface area (Å²) in [5.41, 5.74) is 1.85. The monoisotopic (exact) mass is 353 g/mol. The molecule has 0 aliphatic rings. The smallest absolute Gasteiger partial charge is 0.230 e. The molecule has 0 radical (unpaired) electrons. The number of hydrogen-bond acceptors (Lipinski definition) is 5. The Balaban J connectivity index is 1.60. The standard InChI is InChI=1S/C18H19N5OS/c1-2-23-17(14-8-4-3-5-9-14)21-22-18(23)25-13-16(24)20-12-15-10-6-7-11-19-15/h3-11H,2,12-13H2,1H3,(H,20,24). The minimum absolute atomic E-state index is 0.0532. The third-order valence-corrected chi connectivity index (χ3v) is 4.56. The summed E-state index contributed by atoms with van der Waals surface area (Å²) in [4.78, 5) is 16.2. The van der Waals surface area contributed by atoms with Crippen LogP contribution < -0.4 is 5.32 Å². The molecule has 1 amide bonds. The summed E-state index contributed by atoms with van der Waals surface area (Å²) in [5, 5.41) is 12.1. The fourth-order valence-corrected chi connectivity index (χ4v) is 3.19. The molecule has 0 fully saturated rings. The maximum atomic E-state index is 12.0. The van der Waals surface area contributed by atoms with Crippen LogP contribution in [-0.2, 0) is 17.9 Å². The van der Waals surface area contributed by atoms with Crippen molar-refractivity contribution in [3.63, 3.8) is 0 Å². The highest BCUT2D eigenvalue weighted by molar-refractivity contribution is 7.99. The Hall–Kier alpha value is -2.67. The third-order valence-electron chi connectivity index (χ3n) is 3.59. The molecular formula is C18H19N5OS. The molecule has 2 aromatic heterocycles. The van der Waals surface area contributed by atoms with Crippen LogP contribution in [0, 0.1) is 0 Å². The first-order chi connectivity index (χ1) is 12.3. The number of nitrogens with zero attached hydrogens (tertiary/aromatic N) is 4. The van der Waals surface area contributed by atoms with Crippen LogP contribution in [-0.4, -0.2) is 31.4 Å². The molecule has 2 heterocycles. The molecule has 25 heavy (non-hydrogen) atoms. The van der Waals surface area contributed by atoms with Crippen molar-refractivity contribution in [3.05, 3.63) is 60.4 Å². The molecule has 6 nitrogen and oxygen atoms in total. The highest BCUT2D eigenvalue weighted by atomic mass is 32.2. The molecule has 0 unspecified atom stereocenters. The lowest BCUT2D eigenvalue weighted by atomic mass is 10.2. The maximum Gasteiger partial charge on any atom is 0.230 e. The quantitative estimate of drug-likeness (QED) is 0.661. The number of nitrogens with one attached hydrogen (secondary N) is 1. The second-order valence-electron chi connectivity index (χ2n) is 5.30. The van der Waals surface area contributed by atoms with E-state index in [1.165, 1.54) is 11.8 Å². The van der Waals surface area contributed by atoms with Crippen LogP contribution in [0.2, 0.25) is 0 Å². The van der Waals surface area contributed by atoms with Crippen LogP contribution >= 0.6 is 11.8 Å². The zero-order valence-corrected chi connectivity index (χ0v) is 14.7. The SMILES string of the molecule is CCn1c(SCC(=O)NCc2ccccn2)nnc1-c1ccccc1. The van der Waals surface area contributed by atoms with E-state index in [0.29, 0.717) is 12.3 Å². The van der Waals surface area contributed by atoms with Gasteiger partial charge < -0.3 is 9.88 Å². The molecule has 3 rings (SSSR count). The van der Waals surface area contributed by atoms with Gasteiger partial charge in [0.1, 0.15) is 0 Å². The number of carbonyl (C=O) groups is 1. The van der Waals surface area contributed by atoms with E-state index in [2.05, 4.69) is 20.5 Å². The molecule has 0 atom stereocenters. The van der Waals surface area contributed by atoms with E-state index in [1.54, 1.807) is 6.20 Å². The number of rotatable bonds is 7. The van der Waals surface area contributed by atoms with Crippen molar-refractivity contribution in [2.45, 2.75) is 25.2 Å². The summed E-state index contributed by atoms with van der Waals surface area (Å²) in [6, 6.07) is 15.6. The largest absolute Gasteiger partial charge is 0.350 e. The first kappa shape index (κ1) is 17.2. The Morgan fingerprint density at radius 3 is 2.64 bits per heavy atom. The second-order valence-corrected chi connectivity index (χ2v) is 6.25. The van der Waals surface area contributed by atoms with Crippen LogP contribution in [0.3, 0.4) is 0 Å². The second kappa shape index (κ2) is 8.43. The highest BCUT2D eigenvalue weighted by Crippen LogP contribution is 2.23. The average molecular weight is 353 g/mol. The zero-order chi connectivity index (χ0) is 17.5. The van der Waals surface area contributed by atoms with E-state index in [1.807, 2.05) is 60.0 Å². The van der Waals surface area contributed by atoms with E-state index in [9.17, 15) is 4.79 Å². The minimum Gasteiger partial charge on any atom is -0.350 e. The van der Waals surface area contributed by atoms with Gasteiger partial charge in [-0.3, -0.25) is 9.78 Å². The summed E-state index contributed by atoms with van der Waals surface area (Å²) in [6.07, 6.45) is 1.71. The Bertz CT molecular complexity index is 820. The lowest BCUT2D eigenvalue weighted by Gasteiger charge is -2.07.